The van der Waals surface area contributed by atoms with Crippen LogP contribution in [0.1, 0.15) is 10.4 Å². The summed E-state index contributed by atoms with van der Waals surface area (Å²) < 4.78 is 22.5. The Labute approximate surface area is 150 Å². The quantitative estimate of drug-likeness (QED) is 0.654. The minimum Gasteiger partial charge on any atom is -0.383 e. The van der Waals surface area contributed by atoms with E-state index in [-0.39, 0.29) is 11.7 Å². The number of halogens is 2. The van der Waals surface area contributed by atoms with Gasteiger partial charge in [-0.05, 0) is 30.3 Å². The highest BCUT2D eigenvalue weighted by Gasteiger charge is 2.12. The molecular weight excluding hydrogens is 395 g/mol. The minimum absolute atomic E-state index is 0.337. The molecule has 0 aliphatic rings. The molecule has 0 aliphatic carbocycles. The summed E-state index contributed by atoms with van der Waals surface area (Å²) in [7, 11) is 1.58. The summed E-state index contributed by atoms with van der Waals surface area (Å²) in [5, 5.41) is 0. The van der Waals surface area contributed by atoms with Crippen molar-refractivity contribution < 1.29 is 13.9 Å². The molecule has 7 heteroatoms. The van der Waals surface area contributed by atoms with Gasteiger partial charge in [0, 0.05) is 23.7 Å². The summed E-state index contributed by atoms with van der Waals surface area (Å²) >= 11 is 4.62. The Kier molecular flexibility index (Phi) is 5.23. The second-order valence-electron chi connectivity index (χ2n) is 5.04. The summed E-state index contributed by atoms with van der Waals surface area (Å²) in [5.74, 6) is -0.703. The smallest absolute Gasteiger partial charge is 0.279 e. The molecule has 2 aromatic carbocycles. The molecule has 124 valence electrons. The molecule has 0 fully saturated rings. The van der Waals surface area contributed by atoms with Crippen molar-refractivity contribution in [3.63, 3.8) is 0 Å². The molecular formula is C17H14BrFN2O2S. The van der Waals surface area contributed by atoms with E-state index in [0.29, 0.717) is 29.0 Å². The Morgan fingerprint density at radius 1 is 1.33 bits per heavy atom. The summed E-state index contributed by atoms with van der Waals surface area (Å²) in [4.78, 5) is 17.1. The van der Waals surface area contributed by atoms with E-state index in [2.05, 4.69) is 20.9 Å². The number of benzene rings is 2. The van der Waals surface area contributed by atoms with Crippen molar-refractivity contribution in [2.75, 3.05) is 13.7 Å². The molecule has 0 unspecified atom stereocenters. The van der Waals surface area contributed by atoms with Gasteiger partial charge in [0.05, 0.1) is 16.8 Å². The molecule has 0 spiro atoms. The molecule has 0 atom stereocenters. The van der Waals surface area contributed by atoms with Gasteiger partial charge in [-0.25, -0.2) is 4.39 Å². The zero-order valence-electron chi connectivity index (χ0n) is 12.8. The van der Waals surface area contributed by atoms with Gasteiger partial charge in [0.25, 0.3) is 5.91 Å². The third-order valence-corrected chi connectivity index (χ3v) is 4.98. The van der Waals surface area contributed by atoms with Crippen molar-refractivity contribution in [2.45, 2.75) is 6.54 Å². The molecule has 0 saturated carbocycles. The predicted molar refractivity (Wildman–Crippen MR) is 95.7 cm³/mol. The second kappa shape index (κ2) is 7.38. The number of amides is 1. The van der Waals surface area contributed by atoms with E-state index in [1.165, 1.54) is 17.4 Å². The number of carbonyl (C=O) groups excluding carboxylic acids is 1. The number of thiazole rings is 1. The van der Waals surface area contributed by atoms with Crippen LogP contribution >= 0.6 is 27.3 Å². The van der Waals surface area contributed by atoms with E-state index >= 15 is 0 Å². The number of para-hydroxylation sites is 1. The van der Waals surface area contributed by atoms with Crippen molar-refractivity contribution in [2.24, 2.45) is 4.99 Å². The molecule has 4 nitrogen and oxygen atoms in total. The van der Waals surface area contributed by atoms with Crippen LogP contribution in [-0.4, -0.2) is 24.2 Å². The standard InChI is InChI=1S/C17H14BrFN2O2S/c1-23-9-8-21-15-13(19)6-3-7-14(15)24-17(21)20-16(22)11-4-2-5-12(18)10-11/h2-7,10H,8-9H2,1H3. The van der Waals surface area contributed by atoms with Crippen LogP contribution in [0.15, 0.2) is 51.9 Å². The number of methoxy groups -OCH3 is 1. The van der Waals surface area contributed by atoms with Crippen molar-refractivity contribution in [3.05, 3.63) is 63.1 Å². The van der Waals surface area contributed by atoms with Crippen LogP contribution in [0.2, 0.25) is 0 Å². The summed E-state index contributed by atoms with van der Waals surface area (Å²) in [6, 6.07) is 11.9. The summed E-state index contributed by atoms with van der Waals surface area (Å²) in [5.41, 5.74) is 0.918. The Morgan fingerprint density at radius 3 is 2.88 bits per heavy atom. The Hall–Kier alpha value is -1.83. The van der Waals surface area contributed by atoms with Gasteiger partial charge in [-0.1, -0.05) is 39.4 Å². The van der Waals surface area contributed by atoms with Crippen LogP contribution in [0.25, 0.3) is 10.2 Å². The number of hydrogen-bond acceptors (Lipinski definition) is 3. The molecule has 0 aliphatic heterocycles. The van der Waals surface area contributed by atoms with Gasteiger partial charge in [-0.2, -0.15) is 4.99 Å². The number of ether oxygens (including phenoxy) is 1. The Morgan fingerprint density at radius 2 is 2.12 bits per heavy atom. The fraction of sp³-hybridized carbons (Fsp3) is 0.176. The minimum atomic E-state index is -0.366. The largest absolute Gasteiger partial charge is 0.383 e. The Balaban J connectivity index is 2.14. The fourth-order valence-corrected chi connectivity index (χ4v) is 3.80. The van der Waals surface area contributed by atoms with Gasteiger partial charge in [0.2, 0.25) is 0 Å². The lowest BCUT2D eigenvalue weighted by Gasteiger charge is -2.04. The fourth-order valence-electron chi connectivity index (χ4n) is 2.34. The van der Waals surface area contributed by atoms with E-state index in [0.717, 1.165) is 9.17 Å². The van der Waals surface area contributed by atoms with Crippen molar-refractivity contribution in [1.29, 1.82) is 0 Å². The maximum absolute atomic E-state index is 14.2. The van der Waals surface area contributed by atoms with Gasteiger partial charge >= 0.3 is 0 Å². The molecule has 0 radical (unpaired) electrons. The summed E-state index contributed by atoms with van der Waals surface area (Å²) in [6.45, 7) is 0.820. The van der Waals surface area contributed by atoms with Crippen LogP contribution in [-0.2, 0) is 11.3 Å². The number of fused-ring (bicyclic) bond motifs is 1. The first kappa shape index (κ1) is 17.0. The third-order valence-electron chi connectivity index (χ3n) is 3.44. The van der Waals surface area contributed by atoms with Crippen molar-refractivity contribution in [3.8, 4) is 0 Å². The van der Waals surface area contributed by atoms with E-state index in [1.807, 2.05) is 12.1 Å². The monoisotopic (exact) mass is 408 g/mol. The molecule has 3 aromatic rings. The van der Waals surface area contributed by atoms with E-state index in [9.17, 15) is 9.18 Å². The molecule has 0 N–H and O–H groups in total. The molecule has 0 bridgehead atoms. The third kappa shape index (κ3) is 3.48. The zero-order valence-corrected chi connectivity index (χ0v) is 15.2. The SMILES string of the molecule is COCCn1c(=NC(=O)c2cccc(Br)c2)sc2cccc(F)c21. The molecule has 1 amide bonds. The summed E-state index contributed by atoms with van der Waals surface area (Å²) in [6.07, 6.45) is 0. The maximum atomic E-state index is 14.2. The topological polar surface area (TPSA) is 43.6 Å². The highest BCUT2D eigenvalue weighted by Crippen LogP contribution is 2.20. The van der Waals surface area contributed by atoms with E-state index in [1.54, 1.807) is 35.9 Å². The van der Waals surface area contributed by atoms with Gasteiger partial charge in [0.1, 0.15) is 5.82 Å². The lowest BCUT2D eigenvalue weighted by molar-refractivity contribution is 0.0997. The first-order valence-corrected chi connectivity index (χ1v) is 8.82. The van der Waals surface area contributed by atoms with Gasteiger partial charge in [0.15, 0.2) is 4.80 Å². The highest BCUT2D eigenvalue weighted by molar-refractivity contribution is 9.10. The number of rotatable bonds is 4. The van der Waals surface area contributed by atoms with Crippen LogP contribution < -0.4 is 4.80 Å². The van der Waals surface area contributed by atoms with Crippen molar-refractivity contribution in [1.82, 2.24) is 4.57 Å². The number of aromatic nitrogens is 1. The van der Waals surface area contributed by atoms with Crippen LogP contribution in [0.4, 0.5) is 4.39 Å². The molecule has 0 saturated heterocycles. The lowest BCUT2D eigenvalue weighted by atomic mass is 10.2. The molecule has 1 aromatic heterocycles. The average Bonchev–Trinajstić information content (AvgIpc) is 2.91. The van der Waals surface area contributed by atoms with Crippen LogP contribution in [0.5, 0.6) is 0 Å². The lowest BCUT2D eigenvalue weighted by Crippen LogP contribution is -2.19. The average molecular weight is 409 g/mol. The first-order valence-electron chi connectivity index (χ1n) is 7.21. The molecule has 3 rings (SSSR count). The predicted octanol–water partition coefficient (Wildman–Crippen LogP) is 3.99. The first-order chi connectivity index (χ1) is 11.6. The zero-order chi connectivity index (χ0) is 17.1. The van der Waals surface area contributed by atoms with Crippen molar-refractivity contribution >= 4 is 43.4 Å². The molecule has 24 heavy (non-hydrogen) atoms. The van der Waals surface area contributed by atoms with Crippen LogP contribution in [0.3, 0.4) is 0 Å². The molecule has 1 heterocycles. The number of hydrogen-bond donors (Lipinski definition) is 0. The Bertz CT molecular complexity index is 965. The number of carbonyl (C=O) groups is 1. The number of nitrogens with zero attached hydrogens (tertiary/aromatic N) is 2. The van der Waals surface area contributed by atoms with Crippen LogP contribution in [0, 0.1) is 5.82 Å². The normalized spacial score (nSPS) is 12.0. The van der Waals surface area contributed by atoms with Gasteiger partial charge in [-0.15, -0.1) is 0 Å². The maximum Gasteiger partial charge on any atom is 0.279 e. The van der Waals surface area contributed by atoms with Gasteiger partial charge < -0.3 is 9.30 Å². The second-order valence-corrected chi connectivity index (χ2v) is 6.97. The van der Waals surface area contributed by atoms with E-state index < -0.39 is 0 Å². The van der Waals surface area contributed by atoms with Gasteiger partial charge in [-0.3, -0.25) is 4.79 Å². The van der Waals surface area contributed by atoms with E-state index in [4.69, 9.17) is 4.74 Å². The highest BCUT2D eigenvalue weighted by atomic mass is 79.9.